The predicted molar refractivity (Wildman–Crippen MR) is 144 cm³/mol. The van der Waals surface area contributed by atoms with Crippen molar-refractivity contribution in [2.75, 3.05) is 11.1 Å². The minimum Gasteiger partial charge on any atom is -0.392 e. The molecule has 0 saturated carbocycles. The smallest absolute Gasteiger partial charge is 0.221 e. The van der Waals surface area contributed by atoms with E-state index in [1.807, 2.05) is 66.7 Å². The molecule has 6 nitrogen and oxygen atoms in total. The van der Waals surface area contributed by atoms with Crippen molar-refractivity contribution in [3.8, 4) is 0 Å². The van der Waals surface area contributed by atoms with Crippen molar-refractivity contribution in [1.29, 1.82) is 0 Å². The molecule has 1 aromatic heterocycles. The van der Waals surface area contributed by atoms with E-state index < -0.39 is 6.29 Å². The number of aromatic nitrogens is 1. The van der Waals surface area contributed by atoms with Gasteiger partial charge in [-0.25, -0.2) is 4.98 Å². The molecule has 5 rings (SSSR count). The minimum atomic E-state index is -0.545. The molecule has 0 unspecified atom stereocenters. The third-order valence-corrected chi connectivity index (χ3v) is 8.54. The van der Waals surface area contributed by atoms with Crippen molar-refractivity contribution < 1.29 is 19.4 Å². The number of hydrogen-bond acceptors (Lipinski definition) is 7. The van der Waals surface area contributed by atoms with Gasteiger partial charge in [-0.3, -0.25) is 4.79 Å². The standard InChI is InChI=1S/C28H28N2O4S2/c1-17-24(16-35-28-30-23-5-3-4-6-25(23)36-28)33-27(21-11-13-22(14-12-21)29-18(2)32)34-26(17)20-9-7-19(15-31)8-10-20/h3-14,17,24,26-27,31H,15-16H2,1-2H3,(H,29,32)/t17-,24+,26+,27+/m0/s1. The first kappa shape index (κ1) is 24.9. The number of benzene rings is 3. The molecule has 3 aromatic carbocycles. The molecule has 2 N–H and O–H groups in total. The first-order valence-electron chi connectivity index (χ1n) is 11.9. The van der Waals surface area contributed by atoms with Crippen LogP contribution >= 0.6 is 23.1 Å². The summed E-state index contributed by atoms with van der Waals surface area (Å²) in [6.07, 6.45) is -0.790. The summed E-state index contributed by atoms with van der Waals surface area (Å²) in [5.74, 6) is 0.734. The van der Waals surface area contributed by atoms with Gasteiger partial charge < -0.3 is 19.9 Å². The lowest BCUT2D eigenvalue weighted by Crippen LogP contribution is -2.38. The van der Waals surface area contributed by atoms with E-state index in [2.05, 4.69) is 18.3 Å². The highest BCUT2D eigenvalue weighted by Gasteiger charge is 2.38. The van der Waals surface area contributed by atoms with E-state index in [0.717, 1.165) is 38.0 Å². The number of aliphatic hydroxyl groups excluding tert-OH is 1. The van der Waals surface area contributed by atoms with Crippen molar-refractivity contribution in [1.82, 2.24) is 4.98 Å². The fourth-order valence-electron chi connectivity index (χ4n) is 4.30. The number of aliphatic hydroxyl groups is 1. The summed E-state index contributed by atoms with van der Waals surface area (Å²) < 4.78 is 15.2. The van der Waals surface area contributed by atoms with Gasteiger partial charge in [-0.15, -0.1) is 11.3 Å². The number of ether oxygens (including phenoxy) is 2. The molecule has 1 aliphatic heterocycles. The van der Waals surface area contributed by atoms with Crippen LogP contribution in [0.15, 0.2) is 77.1 Å². The van der Waals surface area contributed by atoms with Gasteiger partial charge in [0.15, 0.2) is 10.6 Å². The summed E-state index contributed by atoms with van der Waals surface area (Å²) in [6, 6.07) is 23.7. The van der Waals surface area contributed by atoms with Crippen molar-refractivity contribution in [2.45, 2.75) is 43.3 Å². The molecule has 1 amide bonds. The van der Waals surface area contributed by atoms with E-state index in [4.69, 9.17) is 14.5 Å². The van der Waals surface area contributed by atoms with E-state index in [0.29, 0.717) is 0 Å². The molecule has 0 bridgehead atoms. The Balaban J connectivity index is 1.38. The van der Waals surface area contributed by atoms with E-state index in [1.54, 1.807) is 23.1 Å². The maximum atomic E-state index is 11.4. The number of nitrogens with one attached hydrogen (secondary N) is 1. The third-order valence-electron chi connectivity index (χ3n) is 6.27. The van der Waals surface area contributed by atoms with E-state index in [9.17, 15) is 9.90 Å². The zero-order chi connectivity index (χ0) is 25.1. The summed E-state index contributed by atoms with van der Waals surface area (Å²) in [5.41, 5.74) is 4.56. The molecule has 0 radical (unpaired) electrons. The van der Waals surface area contributed by atoms with Gasteiger partial charge in [0, 0.05) is 29.8 Å². The van der Waals surface area contributed by atoms with Crippen LogP contribution in [-0.2, 0) is 20.9 Å². The molecule has 0 aliphatic carbocycles. The number of nitrogens with zero attached hydrogens (tertiary/aromatic N) is 1. The molecular formula is C28H28N2O4S2. The molecule has 0 spiro atoms. The average molecular weight is 521 g/mol. The van der Waals surface area contributed by atoms with Crippen molar-refractivity contribution in [3.63, 3.8) is 0 Å². The van der Waals surface area contributed by atoms with Gasteiger partial charge in [-0.05, 0) is 35.4 Å². The summed E-state index contributed by atoms with van der Waals surface area (Å²) in [6.45, 7) is 3.66. The van der Waals surface area contributed by atoms with Gasteiger partial charge >= 0.3 is 0 Å². The maximum absolute atomic E-state index is 11.4. The summed E-state index contributed by atoms with van der Waals surface area (Å²) in [5, 5.41) is 12.2. The number of carbonyl (C=O) groups is 1. The third kappa shape index (κ3) is 5.63. The quantitative estimate of drug-likeness (QED) is 0.277. The Hall–Kier alpha value is -2.75. The first-order valence-corrected chi connectivity index (χ1v) is 13.7. The van der Waals surface area contributed by atoms with Crippen LogP contribution in [0.1, 0.15) is 42.9 Å². The predicted octanol–water partition coefficient (Wildman–Crippen LogP) is 6.33. The van der Waals surface area contributed by atoms with E-state index in [1.165, 1.54) is 11.6 Å². The van der Waals surface area contributed by atoms with Gasteiger partial charge in [0.05, 0.1) is 29.0 Å². The Morgan fingerprint density at radius 2 is 1.75 bits per heavy atom. The highest BCUT2D eigenvalue weighted by molar-refractivity contribution is 8.01. The van der Waals surface area contributed by atoms with Gasteiger partial charge in [-0.2, -0.15) is 0 Å². The number of para-hydroxylation sites is 1. The normalized spacial score (nSPS) is 22.0. The molecule has 1 fully saturated rings. The number of hydrogen-bond donors (Lipinski definition) is 2. The fourth-order valence-corrected chi connectivity index (χ4v) is 6.56. The van der Waals surface area contributed by atoms with Crippen molar-refractivity contribution in [3.05, 3.63) is 89.5 Å². The number of thioether (sulfide) groups is 1. The molecule has 1 aliphatic rings. The number of carbonyl (C=O) groups excluding carboxylic acids is 1. The first-order chi connectivity index (χ1) is 17.5. The fraction of sp³-hybridized carbons (Fsp3) is 0.286. The molecule has 2 heterocycles. The minimum absolute atomic E-state index is 0.00910. The van der Waals surface area contributed by atoms with Gasteiger partial charge in [-0.1, -0.05) is 67.2 Å². The average Bonchev–Trinajstić information content (AvgIpc) is 3.31. The highest BCUT2D eigenvalue weighted by Crippen LogP contribution is 2.43. The molecule has 4 aromatic rings. The molecule has 36 heavy (non-hydrogen) atoms. The zero-order valence-corrected chi connectivity index (χ0v) is 21.7. The number of anilines is 1. The highest BCUT2D eigenvalue weighted by atomic mass is 32.2. The maximum Gasteiger partial charge on any atom is 0.221 e. The molecular weight excluding hydrogens is 492 g/mol. The van der Waals surface area contributed by atoms with Crippen LogP contribution in [0.3, 0.4) is 0 Å². The Kier molecular flexibility index (Phi) is 7.69. The number of rotatable bonds is 7. The van der Waals surface area contributed by atoms with Crippen LogP contribution in [0, 0.1) is 5.92 Å². The van der Waals surface area contributed by atoms with Crippen LogP contribution in [0.25, 0.3) is 10.2 Å². The number of amides is 1. The summed E-state index contributed by atoms with van der Waals surface area (Å²) in [4.78, 5) is 16.2. The second kappa shape index (κ2) is 11.1. The van der Waals surface area contributed by atoms with Crippen LogP contribution in [-0.4, -0.2) is 27.9 Å². The topological polar surface area (TPSA) is 80.7 Å². The second-order valence-electron chi connectivity index (χ2n) is 8.88. The van der Waals surface area contributed by atoms with E-state index >= 15 is 0 Å². The van der Waals surface area contributed by atoms with Crippen LogP contribution in [0.4, 0.5) is 5.69 Å². The Labute approximate surface area is 218 Å². The molecule has 1 saturated heterocycles. The van der Waals surface area contributed by atoms with Crippen molar-refractivity contribution >= 4 is 44.9 Å². The molecule has 4 atom stereocenters. The molecule has 186 valence electrons. The van der Waals surface area contributed by atoms with Crippen LogP contribution < -0.4 is 5.32 Å². The number of fused-ring (bicyclic) bond motifs is 1. The lowest BCUT2D eigenvalue weighted by atomic mass is 9.91. The van der Waals surface area contributed by atoms with Gasteiger partial charge in [0.2, 0.25) is 5.91 Å². The van der Waals surface area contributed by atoms with Crippen LogP contribution in [0.5, 0.6) is 0 Å². The zero-order valence-electron chi connectivity index (χ0n) is 20.1. The van der Waals surface area contributed by atoms with E-state index in [-0.39, 0.29) is 30.6 Å². The lowest BCUT2D eigenvalue weighted by Gasteiger charge is -2.41. The second-order valence-corrected chi connectivity index (χ2v) is 11.2. The monoisotopic (exact) mass is 520 g/mol. The molecule has 8 heteroatoms. The summed E-state index contributed by atoms with van der Waals surface area (Å²) >= 11 is 3.41. The van der Waals surface area contributed by atoms with Gasteiger partial charge in [0.25, 0.3) is 0 Å². The Morgan fingerprint density at radius 1 is 1.03 bits per heavy atom. The van der Waals surface area contributed by atoms with Crippen molar-refractivity contribution in [2.24, 2.45) is 5.92 Å². The Bertz CT molecular complexity index is 1290. The van der Waals surface area contributed by atoms with Crippen LogP contribution in [0.2, 0.25) is 0 Å². The number of thiazole rings is 1. The lowest BCUT2D eigenvalue weighted by molar-refractivity contribution is -0.268. The van der Waals surface area contributed by atoms with Gasteiger partial charge in [0.1, 0.15) is 0 Å². The Morgan fingerprint density at radius 3 is 2.44 bits per heavy atom. The summed E-state index contributed by atoms with van der Waals surface area (Å²) in [7, 11) is 0. The largest absolute Gasteiger partial charge is 0.392 e. The SMILES string of the molecule is CC(=O)Nc1ccc([C@@H]2O[C@H](CSc3nc4ccccc4s3)[C@H](C)[C@H](c3ccc(CO)cc3)O2)cc1.